The first-order chi connectivity index (χ1) is 15.5. The van der Waals surface area contributed by atoms with Crippen LogP contribution in [0.1, 0.15) is 63.5 Å². The molecule has 0 radical (unpaired) electrons. The molecule has 2 fully saturated rings. The maximum Gasteiger partial charge on any atom is 0.327 e. The SMILES string of the molecule is Clc1nc(Cl)c2cn(C3CCCC3)nc2n1.O=c1[nH]c(=O)c2cn(C3CCCC3)nc2[nH]1. The standard InChI is InChI=1S/C10H10Cl2N4.C10H12N4O2/c11-8-7-5-16(6-3-1-2-4-6)15-9(7)14-10(12)13-8;15-9-7-5-14(6-3-1-2-4-6)13-8(7)11-10(16)12-9/h5-6H,1-4H2;5-6H,1-4H2,(H2,11,12,13,15,16). The zero-order valence-electron chi connectivity index (χ0n) is 17.2. The summed E-state index contributed by atoms with van der Waals surface area (Å²) >= 11 is 11.7. The monoisotopic (exact) mass is 476 g/mol. The molecular formula is C20H22Cl2N8O2. The van der Waals surface area contributed by atoms with Gasteiger partial charge in [0, 0.05) is 12.4 Å². The summed E-state index contributed by atoms with van der Waals surface area (Å²) in [5.41, 5.74) is 0.0784. The summed E-state index contributed by atoms with van der Waals surface area (Å²) in [6.07, 6.45) is 13.1. The minimum absolute atomic E-state index is 0.147. The fourth-order valence-electron chi connectivity index (χ4n) is 4.53. The van der Waals surface area contributed by atoms with Crippen molar-refractivity contribution in [2.75, 3.05) is 0 Å². The molecule has 2 aliphatic rings. The van der Waals surface area contributed by atoms with E-state index in [1.165, 1.54) is 38.5 Å². The van der Waals surface area contributed by atoms with Gasteiger partial charge in [-0.3, -0.25) is 24.1 Å². The molecule has 10 nitrogen and oxygen atoms in total. The molecule has 0 amide bonds. The zero-order chi connectivity index (χ0) is 22.2. The Morgan fingerprint density at radius 2 is 1.41 bits per heavy atom. The van der Waals surface area contributed by atoms with E-state index in [1.54, 1.807) is 6.20 Å². The summed E-state index contributed by atoms with van der Waals surface area (Å²) in [5, 5.41) is 10.4. The van der Waals surface area contributed by atoms with Gasteiger partial charge in [-0.2, -0.15) is 15.2 Å². The number of H-pyrrole nitrogens is 2. The number of hydrogen-bond donors (Lipinski definition) is 2. The van der Waals surface area contributed by atoms with Crippen LogP contribution in [0.2, 0.25) is 10.4 Å². The third-order valence-corrected chi connectivity index (χ3v) is 6.61. The van der Waals surface area contributed by atoms with Crippen molar-refractivity contribution < 1.29 is 0 Å². The molecule has 6 rings (SSSR count). The van der Waals surface area contributed by atoms with E-state index in [4.69, 9.17) is 23.2 Å². The van der Waals surface area contributed by atoms with Gasteiger partial charge in [0.2, 0.25) is 5.28 Å². The first-order valence-electron chi connectivity index (χ1n) is 10.8. The van der Waals surface area contributed by atoms with Crippen LogP contribution in [0.25, 0.3) is 22.1 Å². The first-order valence-corrected chi connectivity index (χ1v) is 11.5. The molecule has 12 heteroatoms. The van der Waals surface area contributed by atoms with Crippen molar-refractivity contribution in [3.63, 3.8) is 0 Å². The maximum absolute atomic E-state index is 11.5. The van der Waals surface area contributed by atoms with Crippen molar-refractivity contribution in [2.45, 2.75) is 63.5 Å². The van der Waals surface area contributed by atoms with Gasteiger partial charge >= 0.3 is 5.69 Å². The molecule has 0 aliphatic heterocycles. The lowest BCUT2D eigenvalue weighted by atomic mass is 10.3. The normalized spacial score (nSPS) is 17.3. The summed E-state index contributed by atoms with van der Waals surface area (Å²) in [7, 11) is 0. The molecule has 4 heterocycles. The molecule has 0 aromatic carbocycles. The van der Waals surface area contributed by atoms with Gasteiger partial charge in [-0.05, 0) is 37.3 Å². The molecule has 2 N–H and O–H groups in total. The smallest absolute Gasteiger partial charge is 0.290 e. The number of nitrogens with zero attached hydrogens (tertiary/aromatic N) is 6. The van der Waals surface area contributed by atoms with Crippen molar-refractivity contribution in [2.24, 2.45) is 0 Å². The second-order valence-electron chi connectivity index (χ2n) is 8.29. The highest BCUT2D eigenvalue weighted by molar-refractivity contribution is 6.35. The van der Waals surface area contributed by atoms with Gasteiger partial charge in [-0.15, -0.1) is 0 Å². The van der Waals surface area contributed by atoms with Crippen molar-refractivity contribution in [3.8, 4) is 0 Å². The highest BCUT2D eigenvalue weighted by atomic mass is 35.5. The molecule has 168 valence electrons. The van der Waals surface area contributed by atoms with E-state index in [-0.39, 0.29) is 10.8 Å². The van der Waals surface area contributed by atoms with E-state index in [0.717, 1.165) is 18.2 Å². The van der Waals surface area contributed by atoms with E-state index < -0.39 is 5.69 Å². The zero-order valence-corrected chi connectivity index (χ0v) is 18.7. The molecule has 32 heavy (non-hydrogen) atoms. The molecule has 0 atom stereocenters. The van der Waals surface area contributed by atoms with Gasteiger partial charge in [-0.1, -0.05) is 37.3 Å². The van der Waals surface area contributed by atoms with Crippen LogP contribution >= 0.6 is 23.2 Å². The van der Waals surface area contributed by atoms with Crippen LogP contribution in [-0.2, 0) is 0 Å². The summed E-state index contributed by atoms with van der Waals surface area (Å²) in [4.78, 5) is 35.3. The molecule has 0 saturated heterocycles. The topological polar surface area (TPSA) is 127 Å². The minimum Gasteiger partial charge on any atom is -0.290 e. The Hall–Kier alpha value is -2.72. The molecule has 0 bridgehead atoms. The Bertz CT molecular complexity index is 1380. The van der Waals surface area contributed by atoms with E-state index in [0.29, 0.717) is 33.9 Å². The number of rotatable bonds is 2. The fourth-order valence-corrected chi connectivity index (χ4v) is 4.96. The van der Waals surface area contributed by atoms with Crippen molar-refractivity contribution in [1.82, 2.24) is 39.5 Å². The van der Waals surface area contributed by atoms with Crippen LogP contribution in [0.4, 0.5) is 0 Å². The van der Waals surface area contributed by atoms with E-state index in [9.17, 15) is 9.59 Å². The Labute approximate surface area is 192 Å². The first kappa shape index (κ1) is 21.1. The van der Waals surface area contributed by atoms with Gasteiger partial charge in [0.05, 0.1) is 17.5 Å². The van der Waals surface area contributed by atoms with Crippen molar-refractivity contribution >= 4 is 45.3 Å². The fraction of sp³-hybridized carbons (Fsp3) is 0.500. The maximum atomic E-state index is 11.5. The predicted molar refractivity (Wildman–Crippen MR) is 121 cm³/mol. The Kier molecular flexibility index (Phi) is 5.73. The van der Waals surface area contributed by atoms with Gasteiger partial charge in [-0.25, -0.2) is 9.78 Å². The predicted octanol–water partition coefficient (Wildman–Crippen LogP) is 3.78. The average Bonchev–Trinajstić information content (AvgIpc) is 3.52. The Balaban J connectivity index is 0.000000135. The van der Waals surface area contributed by atoms with Crippen LogP contribution in [0, 0.1) is 0 Å². The van der Waals surface area contributed by atoms with Gasteiger partial charge < -0.3 is 0 Å². The molecule has 2 saturated carbocycles. The molecule has 0 spiro atoms. The number of halogens is 2. The lowest BCUT2D eigenvalue weighted by Crippen LogP contribution is -2.21. The third kappa shape index (κ3) is 4.16. The van der Waals surface area contributed by atoms with Crippen molar-refractivity contribution in [3.05, 3.63) is 43.7 Å². The molecule has 0 unspecified atom stereocenters. The highest BCUT2D eigenvalue weighted by Crippen LogP contribution is 2.31. The van der Waals surface area contributed by atoms with Crippen LogP contribution in [0.5, 0.6) is 0 Å². The van der Waals surface area contributed by atoms with Crippen LogP contribution in [0.15, 0.2) is 22.0 Å². The summed E-state index contributed by atoms with van der Waals surface area (Å²) in [6, 6.07) is 0.847. The number of aromatic nitrogens is 8. The lowest BCUT2D eigenvalue weighted by molar-refractivity contribution is 0.470. The third-order valence-electron chi connectivity index (χ3n) is 6.16. The molecular weight excluding hydrogens is 455 g/mol. The van der Waals surface area contributed by atoms with Crippen LogP contribution in [0.3, 0.4) is 0 Å². The Morgan fingerprint density at radius 1 is 0.812 bits per heavy atom. The number of nitrogens with one attached hydrogen (secondary N) is 2. The van der Waals surface area contributed by atoms with Crippen molar-refractivity contribution in [1.29, 1.82) is 0 Å². The van der Waals surface area contributed by atoms with Gasteiger partial charge in [0.25, 0.3) is 5.56 Å². The number of fused-ring (bicyclic) bond motifs is 2. The number of aromatic amines is 2. The quantitative estimate of drug-likeness (QED) is 0.334. The lowest BCUT2D eigenvalue weighted by Gasteiger charge is -2.07. The van der Waals surface area contributed by atoms with Crippen LogP contribution < -0.4 is 11.2 Å². The van der Waals surface area contributed by atoms with Crippen LogP contribution in [-0.4, -0.2) is 39.5 Å². The number of hydrogen-bond acceptors (Lipinski definition) is 6. The van der Waals surface area contributed by atoms with E-state index in [2.05, 4.69) is 30.1 Å². The minimum atomic E-state index is -0.505. The Morgan fingerprint density at radius 3 is 2.06 bits per heavy atom. The van der Waals surface area contributed by atoms with Gasteiger partial charge in [0.15, 0.2) is 11.3 Å². The summed E-state index contributed by atoms with van der Waals surface area (Å²) < 4.78 is 3.76. The van der Waals surface area contributed by atoms with E-state index in [1.807, 2.05) is 15.6 Å². The molecule has 4 aromatic heterocycles. The highest BCUT2D eigenvalue weighted by Gasteiger charge is 2.20. The molecule has 4 aromatic rings. The average molecular weight is 477 g/mol. The second-order valence-corrected chi connectivity index (χ2v) is 8.98. The summed E-state index contributed by atoms with van der Waals surface area (Å²) in [5.74, 6) is 0. The van der Waals surface area contributed by atoms with E-state index >= 15 is 0 Å². The second kappa shape index (κ2) is 8.67. The summed E-state index contributed by atoms with van der Waals surface area (Å²) in [6.45, 7) is 0. The van der Waals surface area contributed by atoms with Gasteiger partial charge in [0.1, 0.15) is 10.5 Å². The molecule has 2 aliphatic carbocycles. The largest absolute Gasteiger partial charge is 0.327 e.